The summed E-state index contributed by atoms with van der Waals surface area (Å²) in [4.78, 5) is 23.0. The monoisotopic (exact) mass is 291 g/mol. The van der Waals surface area contributed by atoms with Crippen LogP contribution in [0.2, 0.25) is 0 Å². The van der Waals surface area contributed by atoms with Gasteiger partial charge in [0.05, 0.1) is 11.8 Å². The molecular formula is C16H21NO4. The van der Waals surface area contributed by atoms with Crippen LogP contribution in [0.5, 0.6) is 0 Å². The molecule has 2 rings (SSSR count). The van der Waals surface area contributed by atoms with Crippen molar-refractivity contribution in [3.63, 3.8) is 0 Å². The fourth-order valence-corrected chi connectivity index (χ4v) is 2.73. The van der Waals surface area contributed by atoms with Gasteiger partial charge in [-0.3, -0.25) is 9.59 Å². The van der Waals surface area contributed by atoms with Crippen LogP contribution < -0.4 is 5.32 Å². The van der Waals surface area contributed by atoms with Crippen LogP contribution in [0.15, 0.2) is 30.3 Å². The van der Waals surface area contributed by atoms with E-state index < -0.39 is 17.8 Å². The van der Waals surface area contributed by atoms with Crippen molar-refractivity contribution < 1.29 is 19.8 Å². The lowest BCUT2D eigenvalue weighted by Crippen LogP contribution is -2.45. The van der Waals surface area contributed by atoms with E-state index in [1.54, 1.807) is 0 Å². The molecule has 0 heterocycles. The molecule has 21 heavy (non-hydrogen) atoms. The molecule has 1 fully saturated rings. The smallest absolute Gasteiger partial charge is 0.307 e. The second-order valence-corrected chi connectivity index (χ2v) is 5.49. The molecule has 1 saturated carbocycles. The molecule has 1 aliphatic rings. The van der Waals surface area contributed by atoms with Crippen LogP contribution in [-0.2, 0) is 9.59 Å². The minimum absolute atomic E-state index is 0.0449. The van der Waals surface area contributed by atoms with E-state index in [0.29, 0.717) is 25.8 Å². The number of amides is 1. The average Bonchev–Trinajstić information content (AvgIpc) is 2.42. The molecule has 1 aromatic carbocycles. The van der Waals surface area contributed by atoms with Gasteiger partial charge in [-0.05, 0) is 24.8 Å². The molecule has 0 radical (unpaired) electrons. The number of hydrogen-bond acceptors (Lipinski definition) is 3. The van der Waals surface area contributed by atoms with Crippen LogP contribution in [-0.4, -0.2) is 35.2 Å². The summed E-state index contributed by atoms with van der Waals surface area (Å²) < 4.78 is 0. The predicted molar refractivity (Wildman–Crippen MR) is 77.7 cm³/mol. The quantitative estimate of drug-likeness (QED) is 0.708. The van der Waals surface area contributed by atoms with E-state index in [-0.39, 0.29) is 18.4 Å². The van der Waals surface area contributed by atoms with Crippen molar-refractivity contribution in [3.05, 3.63) is 35.9 Å². The first-order chi connectivity index (χ1) is 10.1. The number of carbonyl (C=O) groups excluding carboxylic acids is 1. The summed E-state index contributed by atoms with van der Waals surface area (Å²) in [5, 5.41) is 21.0. The number of hydrogen-bond donors (Lipinski definition) is 3. The second kappa shape index (κ2) is 7.22. The van der Waals surface area contributed by atoms with E-state index >= 15 is 0 Å². The summed E-state index contributed by atoms with van der Waals surface area (Å²) in [5.74, 6) is -1.99. The van der Waals surface area contributed by atoms with Crippen molar-refractivity contribution in [2.24, 2.45) is 11.8 Å². The molecular weight excluding hydrogens is 270 g/mol. The highest BCUT2D eigenvalue weighted by molar-refractivity contribution is 5.86. The van der Waals surface area contributed by atoms with E-state index in [0.717, 1.165) is 5.56 Å². The second-order valence-electron chi connectivity index (χ2n) is 5.49. The molecule has 0 aliphatic heterocycles. The van der Waals surface area contributed by atoms with Crippen LogP contribution >= 0.6 is 0 Å². The summed E-state index contributed by atoms with van der Waals surface area (Å²) in [5.41, 5.74) is 1.07. The van der Waals surface area contributed by atoms with Crippen LogP contribution in [0.1, 0.15) is 30.7 Å². The SMILES string of the molecule is O=C(O)C1CCC1C(=O)NCC(CCO)c1ccccc1. The molecule has 5 nitrogen and oxygen atoms in total. The summed E-state index contributed by atoms with van der Waals surface area (Å²) in [6.45, 7) is 0.475. The van der Waals surface area contributed by atoms with Gasteiger partial charge in [0.1, 0.15) is 0 Å². The molecule has 1 aliphatic carbocycles. The number of carboxylic acids is 1. The van der Waals surface area contributed by atoms with Crippen molar-refractivity contribution in [3.8, 4) is 0 Å². The third kappa shape index (κ3) is 3.82. The molecule has 0 spiro atoms. The van der Waals surface area contributed by atoms with Gasteiger partial charge in [0.25, 0.3) is 0 Å². The molecule has 3 N–H and O–H groups in total. The molecule has 3 unspecified atom stereocenters. The van der Waals surface area contributed by atoms with Gasteiger partial charge in [0.2, 0.25) is 5.91 Å². The Bertz CT molecular complexity index is 488. The predicted octanol–water partition coefficient (Wildman–Crippen LogP) is 1.38. The Labute approximate surface area is 124 Å². The van der Waals surface area contributed by atoms with E-state index in [2.05, 4.69) is 5.32 Å². The van der Waals surface area contributed by atoms with Crippen molar-refractivity contribution in [1.82, 2.24) is 5.32 Å². The van der Waals surface area contributed by atoms with Gasteiger partial charge in [0, 0.05) is 19.1 Å². The molecule has 0 saturated heterocycles. The third-order valence-electron chi connectivity index (χ3n) is 4.20. The Hall–Kier alpha value is -1.88. The highest BCUT2D eigenvalue weighted by atomic mass is 16.4. The Balaban J connectivity index is 1.90. The topological polar surface area (TPSA) is 86.6 Å². The number of aliphatic hydroxyl groups is 1. The van der Waals surface area contributed by atoms with E-state index in [1.165, 1.54) is 0 Å². The lowest BCUT2D eigenvalue weighted by atomic mass is 9.73. The Morgan fingerprint density at radius 1 is 1.19 bits per heavy atom. The first kappa shape index (κ1) is 15.5. The maximum Gasteiger partial charge on any atom is 0.307 e. The van der Waals surface area contributed by atoms with Gasteiger partial charge < -0.3 is 15.5 Å². The average molecular weight is 291 g/mol. The Morgan fingerprint density at radius 3 is 2.38 bits per heavy atom. The first-order valence-corrected chi connectivity index (χ1v) is 7.29. The third-order valence-corrected chi connectivity index (χ3v) is 4.20. The van der Waals surface area contributed by atoms with Gasteiger partial charge in [-0.2, -0.15) is 0 Å². The lowest BCUT2D eigenvalue weighted by Gasteiger charge is -2.32. The Kier molecular flexibility index (Phi) is 5.33. The zero-order valence-corrected chi connectivity index (χ0v) is 11.9. The summed E-state index contributed by atoms with van der Waals surface area (Å²) in [6, 6.07) is 9.71. The van der Waals surface area contributed by atoms with Gasteiger partial charge >= 0.3 is 5.97 Å². The fraction of sp³-hybridized carbons (Fsp3) is 0.500. The molecule has 1 aromatic rings. The molecule has 1 amide bonds. The van der Waals surface area contributed by atoms with Crippen molar-refractivity contribution in [2.45, 2.75) is 25.2 Å². The van der Waals surface area contributed by atoms with Gasteiger partial charge in [0.15, 0.2) is 0 Å². The minimum Gasteiger partial charge on any atom is -0.481 e. The standard InChI is InChI=1S/C16H21NO4/c18-9-8-12(11-4-2-1-3-5-11)10-17-15(19)13-6-7-14(13)16(20)21/h1-5,12-14,18H,6-10H2,(H,17,19)(H,20,21). The zero-order valence-electron chi connectivity index (χ0n) is 11.9. The summed E-state index contributed by atoms with van der Waals surface area (Å²) >= 11 is 0. The largest absolute Gasteiger partial charge is 0.481 e. The normalized spacial score (nSPS) is 22.1. The number of benzene rings is 1. The van der Waals surface area contributed by atoms with E-state index in [9.17, 15) is 9.59 Å². The van der Waals surface area contributed by atoms with Crippen molar-refractivity contribution >= 4 is 11.9 Å². The number of aliphatic carboxylic acids is 1. The highest BCUT2D eigenvalue weighted by Gasteiger charge is 2.41. The molecule has 0 aromatic heterocycles. The maximum atomic E-state index is 12.0. The number of carbonyl (C=O) groups is 2. The van der Waals surface area contributed by atoms with Crippen LogP contribution in [0, 0.1) is 11.8 Å². The van der Waals surface area contributed by atoms with Crippen LogP contribution in [0.3, 0.4) is 0 Å². The minimum atomic E-state index is -0.892. The molecule has 5 heteroatoms. The van der Waals surface area contributed by atoms with Crippen molar-refractivity contribution in [1.29, 1.82) is 0 Å². The first-order valence-electron chi connectivity index (χ1n) is 7.29. The lowest BCUT2D eigenvalue weighted by molar-refractivity contribution is -0.152. The fourth-order valence-electron chi connectivity index (χ4n) is 2.73. The number of rotatable bonds is 7. The maximum absolute atomic E-state index is 12.0. The number of aliphatic hydroxyl groups excluding tert-OH is 1. The molecule has 0 bridgehead atoms. The number of carboxylic acid groups (broad SMARTS) is 1. The molecule has 3 atom stereocenters. The zero-order chi connectivity index (χ0) is 15.2. The highest BCUT2D eigenvalue weighted by Crippen LogP contribution is 2.34. The van der Waals surface area contributed by atoms with Gasteiger partial charge in [-0.15, -0.1) is 0 Å². The summed E-state index contributed by atoms with van der Waals surface area (Å²) in [7, 11) is 0. The summed E-state index contributed by atoms with van der Waals surface area (Å²) in [6.07, 6.45) is 1.78. The Morgan fingerprint density at radius 2 is 1.86 bits per heavy atom. The van der Waals surface area contributed by atoms with Crippen LogP contribution in [0.25, 0.3) is 0 Å². The molecule has 114 valence electrons. The van der Waals surface area contributed by atoms with Gasteiger partial charge in [-0.1, -0.05) is 30.3 Å². The van der Waals surface area contributed by atoms with Crippen molar-refractivity contribution in [2.75, 3.05) is 13.2 Å². The number of nitrogens with one attached hydrogen (secondary N) is 1. The van der Waals surface area contributed by atoms with Gasteiger partial charge in [-0.25, -0.2) is 0 Å². The van der Waals surface area contributed by atoms with Crippen LogP contribution in [0.4, 0.5) is 0 Å². The van der Waals surface area contributed by atoms with E-state index in [4.69, 9.17) is 10.2 Å². The van der Waals surface area contributed by atoms with E-state index in [1.807, 2.05) is 30.3 Å².